The molecule has 0 aliphatic rings. The van der Waals surface area contributed by atoms with E-state index in [4.69, 9.17) is 14.2 Å². The molecule has 0 radical (unpaired) electrons. The van der Waals surface area contributed by atoms with Crippen molar-refractivity contribution in [2.75, 3.05) is 39.9 Å². The SMILES string of the molecule is COc1ccc(CNC(=O)NCC(CCSC)OC)cc1OC. The first-order valence-electron chi connectivity index (χ1n) is 7.38. The van der Waals surface area contributed by atoms with E-state index >= 15 is 0 Å². The van der Waals surface area contributed by atoms with Crippen LogP contribution in [0, 0.1) is 0 Å². The van der Waals surface area contributed by atoms with Gasteiger partial charge in [0.05, 0.1) is 20.3 Å². The maximum absolute atomic E-state index is 11.8. The number of rotatable bonds is 10. The lowest BCUT2D eigenvalue weighted by Crippen LogP contribution is -2.40. The van der Waals surface area contributed by atoms with Gasteiger partial charge in [-0.15, -0.1) is 0 Å². The minimum absolute atomic E-state index is 0.0364. The fourth-order valence-electron chi connectivity index (χ4n) is 1.99. The second kappa shape index (κ2) is 11.0. The molecule has 0 spiro atoms. The zero-order valence-corrected chi connectivity index (χ0v) is 15.0. The van der Waals surface area contributed by atoms with Crippen LogP contribution in [0.25, 0.3) is 0 Å². The molecule has 130 valence electrons. The van der Waals surface area contributed by atoms with Crippen molar-refractivity contribution in [3.8, 4) is 11.5 Å². The van der Waals surface area contributed by atoms with Crippen LogP contribution in [0.15, 0.2) is 18.2 Å². The van der Waals surface area contributed by atoms with E-state index in [-0.39, 0.29) is 12.1 Å². The zero-order chi connectivity index (χ0) is 17.1. The van der Waals surface area contributed by atoms with Crippen molar-refractivity contribution in [1.29, 1.82) is 0 Å². The predicted octanol–water partition coefficient (Wildman–Crippen LogP) is 2.27. The third-order valence-electron chi connectivity index (χ3n) is 3.37. The number of amides is 2. The van der Waals surface area contributed by atoms with Gasteiger partial charge in [0, 0.05) is 20.2 Å². The lowest BCUT2D eigenvalue weighted by atomic mass is 10.2. The van der Waals surface area contributed by atoms with Crippen molar-refractivity contribution >= 4 is 17.8 Å². The van der Waals surface area contributed by atoms with Gasteiger partial charge in [-0.2, -0.15) is 11.8 Å². The number of benzene rings is 1. The van der Waals surface area contributed by atoms with Crippen LogP contribution in [-0.2, 0) is 11.3 Å². The third-order valence-corrected chi connectivity index (χ3v) is 4.01. The van der Waals surface area contributed by atoms with Crippen molar-refractivity contribution in [3.05, 3.63) is 23.8 Å². The van der Waals surface area contributed by atoms with Gasteiger partial charge in [-0.1, -0.05) is 6.07 Å². The Kier molecular flexibility index (Phi) is 9.31. The largest absolute Gasteiger partial charge is 0.493 e. The maximum atomic E-state index is 11.8. The summed E-state index contributed by atoms with van der Waals surface area (Å²) in [7, 11) is 4.84. The Morgan fingerprint density at radius 3 is 2.52 bits per heavy atom. The summed E-state index contributed by atoms with van der Waals surface area (Å²) in [6, 6.07) is 5.33. The van der Waals surface area contributed by atoms with Crippen LogP contribution in [0.2, 0.25) is 0 Å². The Bertz CT molecular complexity index is 485. The molecule has 0 aliphatic heterocycles. The third kappa shape index (κ3) is 7.00. The summed E-state index contributed by atoms with van der Waals surface area (Å²) in [5, 5.41) is 5.64. The standard InChI is InChI=1S/C16H26N2O4S/c1-20-13(7-8-23-4)11-18-16(19)17-10-12-5-6-14(21-2)15(9-12)22-3/h5-6,9,13H,7-8,10-11H2,1-4H3,(H2,17,18,19). The number of ether oxygens (including phenoxy) is 3. The van der Waals surface area contributed by atoms with Crippen LogP contribution in [0.5, 0.6) is 11.5 Å². The van der Waals surface area contributed by atoms with Gasteiger partial charge in [-0.25, -0.2) is 4.79 Å². The Balaban J connectivity index is 2.41. The van der Waals surface area contributed by atoms with E-state index in [1.807, 2.05) is 18.2 Å². The summed E-state index contributed by atoms with van der Waals surface area (Å²) in [6.45, 7) is 0.906. The van der Waals surface area contributed by atoms with Crippen molar-refractivity contribution in [3.63, 3.8) is 0 Å². The van der Waals surface area contributed by atoms with E-state index in [9.17, 15) is 4.79 Å². The Labute approximate surface area is 142 Å². The number of urea groups is 1. The van der Waals surface area contributed by atoms with Crippen LogP contribution < -0.4 is 20.1 Å². The Hall–Kier alpha value is -1.60. The molecular formula is C16H26N2O4S. The number of hydrogen-bond donors (Lipinski definition) is 2. The van der Waals surface area contributed by atoms with E-state index in [1.54, 1.807) is 33.1 Å². The molecule has 7 heteroatoms. The molecule has 0 aliphatic carbocycles. The normalized spacial score (nSPS) is 11.7. The van der Waals surface area contributed by atoms with Gasteiger partial charge < -0.3 is 24.8 Å². The van der Waals surface area contributed by atoms with Crippen LogP contribution >= 0.6 is 11.8 Å². The van der Waals surface area contributed by atoms with Gasteiger partial charge in [0.1, 0.15) is 0 Å². The molecule has 0 bridgehead atoms. The van der Waals surface area contributed by atoms with Crippen molar-refractivity contribution in [1.82, 2.24) is 10.6 Å². The second-order valence-electron chi connectivity index (χ2n) is 4.89. The number of nitrogens with one attached hydrogen (secondary N) is 2. The molecule has 0 saturated carbocycles. The summed E-state index contributed by atoms with van der Waals surface area (Å²) in [6.07, 6.45) is 3.00. The molecular weight excluding hydrogens is 316 g/mol. The van der Waals surface area contributed by atoms with Crippen LogP contribution in [0.1, 0.15) is 12.0 Å². The molecule has 1 aromatic rings. The smallest absolute Gasteiger partial charge is 0.315 e. The molecule has 23 heavy (non-hydrogen) atoms. The van der Waals surface area contributed by atoms with Gasteiger partial charge >= 0.3 is 6.03 Å². The van der Waals surface area contributed by atoms with Crippen molar-refractivity contribution < 1.29 is 19.0 Å². The van der Waals surface area contributed by atoms with Gasteiger partial charge in [-0.05, 0) is 36.1 Å². The van der Waals surface area contributed by atoms with Crippen LogP contribution in [0.3, 0.4) is 0 Å². The molecule has 2 N–H and O–H groups in total. The monoisotopic (exact) mass is 342 g/mol. The number of thioether (sulfide) groups is 1. The first-order valence-corrected chi connectivity index (χ1v) is 8.78. The predicted molar refractivity (Wildman–Crippen MR) is 93.6 cm³/mol. The average Bonchev–Trinajstić information content (AvgIpc) is 2.59. The first kappa shape index (κ1) is 19.4. The number of hydrogen-bond acceptors (Lipinski definition) is 5. The molecule has 0 aromatic heterocycles. The highest BCUT2D eigenvalue weighted by Gasteiger charge is 2.09. The quantitative estimate of drug-likeness (QED) is 0.683. The number of carbonyl (C=O) groups excluding carboxylic acids is 1. The number of carbonyl (C=O) groups is 1. The topological polar surface area (TPSA) is 68.8 Å². The summed E-state index contributed by atoms with van der Waals surface area (Å²) in [4.78, 5) is 11.8. The van der Waals surface area contributed by atoms with Gasteiger partial charge in [0.15, 0.2) is 11.5 Å². The molecule has 1 atom stereocenters. The minimum Gasteiger partial charge on any atom is -0.493 e. The molecule has 6 nitrogen and oxygen atoms in total. The lowest BCUT2D eigenvalue weighted by Gasteiger charge is -2.16. The van der Waals surface area contributed by atoms with E-state index in [0.717, 1.165) is 17.7 Å². The zero-order valence-electron chi connectivity index (χ0n) is 14.2. The van der Waals surface area contributed by atoms with E-state index < -0.39 is 0 Å². The summed E-state index contributed by atoms with van der Waals surface area (Å²) >= 11 is 1.76. The molecule has 0 heterocycles. The van der Waals surface area contributed by atoms with Crippen molar-refractivity contribution in [2.24, 2.45) is 0 Å². The maximum Gasteiger partial charge on any atom is 0.315 e. The molecule has 2 amide bonds. The lowest BCUT2D eigenvalue weighted by molar-refractivity contribution is 0.101. The Morgan fingerprint density at radius 1 is 1.17 bits per heavy atom. The average molecular weight is 342 g/mol. The van der Waals surface area contributed by atoms with Crippen LogP contribution in [-0.4, -0.2) is 52.0 Å². The van der Waals surface area contributed by atoms with Gasteiger partial charge in [0.25, 0.3) is 0 Å². The van der Waals surface area contributed by atoms with E-state index in [2.05, 4.69) is 16.9 Å². The minimum atomic E-state index is -0.217. The van der Waals surface area contributed by atoms with E-state index in [1.165, 1.54) is 0 Å². The second-order valence-corrected chi connectivity index (χ2v) is 5.88. The fraction of sp³-hybridized carbons (Fsp3) is 0.562. The fourth-order valence-corrected chi connectivity index (χ4v) is 2.49. The highest BCUT2D eigenvalue weighted by atomic mass is 32.2. The van der Waals surface area contributed by atoms with Crippen LogP contribution in [0.4, 0.5) is 4.79 Å². The molecule has 1 rings (SSSR count). The molecule has 1 unspecified atom stereocenters. The van der Waals surface area contributed by atoms with Gasteiger partial charge in [0.2, 0.25) is 0 Å². The summed E-state index contributed by atoms with van der Waals surface area (Å²) in [5.41, 5.74) is 0.934. The molecule has 1 aromatic carbocycles. The molecule has 0 saturated heterocycles. The van der Waals surface area contributed by atoms with E-state index in [0.29, 0.717) is 24.6 Å². The highest BCUT2D eigenvalue weighted by molar-refractivity contribution is 7.98. The van der Waals surface area contributed by atoms with Gasteiger partial charge in [-0.3, -0.25) is 0 Å². The highest BCUT2D eigenvalue weighted by Crippen LogP contribution is 2.27. The summed E-state index contributed by atoms with van der Waals surface area (Å²) < 4.78 is 15.8. The molecule has 0 fully saturated rings. The Morgan fingerprint density at radius 2 is 1.91 bits per heavy atom. The van der Waals surface area contributed by atoms with Crippen molar-refractivity contribution in [2.45, 2.75) is 19.1 Å². The first-order chi connectivity index (χ1) is 11.1. The number of methoxy groups -OCH3 is 3. The summed E-state index contributed by atoms with van der Waals surface area (Å²) in [5.74, 6) is 2.31.